The Balaban J connectivity index is 0.00000361. The third-order valence-corrected chi connectivity index (χ3v) is 2.62. The Morgan fingerprint density at radius 1 is 1.25 bits per heavy atom. The smallest absolute Gasteiger partial charge is 0.255 e. The molecule has 0 aliphatic heterocycles. The lowest BCUT2D eigenvalue weighted by atomic mass is 9.92. The summed E-state index contributed by atoms with van der Waals surface area (Å²) in [5.74, 6) is -0.183. The Labute approximate surface area is 124 Å². The van der Waals surface area contributed by atoms with Crippen LogP contribution in [0.4, 0.5) is 5.69 Å². The van der Waals surface area contributed by atoms with Gasteiger partial charge in [0.05, 0.1) is 5.41 Å². The molecular formula is C13H20ClN3O3. The van der Waals surface area contributed by atoms with Crippen molar-refractivity contribution < 1.29 is 14.3 Å². The highest BCUT2D eigenvalue weighted by atomic mass is 35.5. The average molecular weight is 302 g/mol. The molecule has 112 valence electrons. The average Bonchev–Trinajstić information content (AvgIpc) is 2.37. The molecule has 7 heteroatoms. The van der Waals surface area contributed by atoms with Crippen molar-refractivity contribution in [2.45, 2.75) is 13.8 Å². The number of hydrogen-bond donors (Lipinski definition) is 3. The lowest BCUT2D eigenvalue weighted by molar-refractivity contribution is -0.123. The van der Waals surface area contributed by atoms with E-state index in [9.17, 15) is 9.59 Å². The zero-order valence-corrected chi connectivity index (χ0v) is 12.3. The molecular weight excluding hydrogens is 282 g/mol. The van der Waals surface area contributed by atoms with Crippen molar-refractivity contribution in [2.24, 2.45) is 16.9 Å². The highest BCUT2D eigenvalue weighted by Gasteiger charge is 2.25. The van der Waals surface area contributed by atoms with E-state index in [1.807, 2.05) is 0 Å². The van der Waals surface area contributed by atoms with Crippen LogP contribution in [0.1, 0.15) is 13.8 Å². The van der Waals surface area contributed by atoms with Crippen LogP contribution >= 0.6 is 12.4 Å². The summed E-state index contributed by atoms with van der Waals surface area (Å²) >= 11 is 0. The summed E-state index contributed by atoms with van der Waals surface area (Å²) in [5, 5.41) is 2.76. The number of amides is 2. The minimum Gasteiger partial charge on any atom is -0.484 e. The van der Waals surface area contributed by atoms with Gasteiger partial charge in [0.2, 0.25) is 5.91 Å². The molecule has 0 spiro atoms. The van der Waals surface area contributed by atoms with Gasteiger partial charge in [-0.25, -0.2) is 0 Å². The Morgan fingerprint density at radius 2 is 1.80 bits per heavy atom. The first-order valence-corrected chi connectivity index (χ1v) is 5.88. The van der Waals surface area contributed by atoms with Crippen molar-refractivity contribution in [3.05, 3.63) is 24.3 Å². The van der Waals surface area contributed by atoms with Gasteiger partial charge < -0.3 is 21.5 Å². The van der Waals surface area contributed by atoms with Gasteiger partial charge in [0, 0.05) is 12.2 Å². The number of carbonyl (C=O) groups excluding carboxylic acids is 2. The van der Waals surface area contributed by atoms with Crippen LogP contribution in [0.5, 0.6) is 5.75 Å². The number of primary amides is 1. The van der Waals surface area contributed by atoms with E-state index in [0.717, 1.165) is 0 Å². The summed E-state index contributed by atoms with van der Waals surface area (Å²) in [4.78, 5) is 22.4. The SMILES string of the molecule is CC(C)(CN)C(=O)Nc1ccc(OCC(N)=O)cc1.Cl. The van der Waals surface area contributed by atoms with Gasteiger partial charge in [-0.3, -0.25) is 9.59 Å². The Morgan fingerprint density at radius 3 is 2.25 bits per heavy atom. The molecule has 0 bridgehead atoms. The molecule has 0 radical (unpaired) electrons. The number of nitrogens with two attached hydrogens (primary N) is 2. The van der Waals surface area contributed by atoms with Gasteiger partial charge in [0.25, 0.3) is 5.91 Å². The number of benzene rings is 1. The highest BCUT2D eigenvalue weighted by Crippen LogP contribution is 2.19. The summed E-state index contributed by atoms with van der Waals surface area (Å²) in [7, 11) is 0. The summed E-state index contributed by atoms with van der Waals surface area (Å²) in [5.41, 5.74) is 10.5. The third kappa shape index (κ3) is 5.46. The molecule has 0 heterocycles. The molecule has 6 nitrogen and oxygen atoms in total. The Bertz CT molecular complexity index is 460. The zero-order chi connectivity index (χ0) is 14.5. The minimum absolute atomic E-state index is 0. The van der Waals surface area contributed by atoms with E-state index in [2.05, 4.69) is 5.32 Å². The molecule has 1 aromatic carbocycles. The van der Waals surface area contributed by atoms with Crippen LogP contribution in [0.25, 0.3) is 0 Å². The van der Waals surface area contributed by atoms with Crippen LogP contribution in [0, 0.1) is 5.41 Å². The molecule has 1 aromatic rings. The van der Waals surface area contributed by atoms with E-state index >= 15 is 0 Å². The van der Waals surface area contributed by atoms with E-state index in [-0.39, 0.29) is 31.5 Å². The molecule has 0 atom stereocenters. The first kappa shape index (κ1) is 18.2. The summed E-state index contributed by atoms with van der Waals surface area (Å²) in [6.45, 7) is 3.63. The van der Waals surface area contributed by atoms with Crippen molar-refractivity contribution in [2.75, 3.05) is 18.5 Å². The lowest BCUT2D eigenvalue weighted by Gasteiger charge is -2.21. The van der Waals surface area contributed by atoms with Crippen molar-refractivity contribution in [1.82, 2.24) is 0 Å². The topological polar surface area (TPSA) is 107 Å². The number of carbonyl (C=O) groups is 2. The molecule has 1 rings (SSSR count). The van der Waals surface area contributed by atoms with Crippen molar-refractivity contribution >= 4 is 29.9 Å². The van der Waals surface area contributed by atoms with Crippen LogP contribution < -0.4 is 21.5 Å². The van der Waals surface area contributed by atoms with E-state index in [4.69, 9.17) is 16.2 Å². The second-order valence-electron chi connectivity index (χ2n) is 4.82. The quantitative estimate of drug-likeness (QED) is 0.725. The summed E-state index contributed by atoms with van der Waals surface area (Å²) in [6, 6.07) is 6.66. The van der Waals surface area contributed by atoms with Crippen LogP contribution in [-0.4, -0.2) is 25.0 Å². The van der Waals surface area contributed by atoms with Gasteiger partial charge in [0.1, 0.15) is 5.75 Å². The predicted octanol–water partition coefficient (Wildman–Crippen LogP) is 0.896. The van der Waals surface area contributed by atoms with E-state index < -0.39 is 11.3 Å². The van der Waals surface area contributed by atoms with Crippen LogP contribution in [0.3, 0.4) is 0 Å². The van der Waals surface area contributed by atoms with Crippen molar-refractivity contribution in [3.63, 3.8) is 0 Å². The maximum Gasteiger partial charge on any atom is 0.255 e. The number of halogens is 1. The largest absolute Gasteiger partial charge is 0.484 e. The van der Waals surface area contributed by atoms with Gasteiger partial charge >= 0.3 is 0 Å². The third-order valence-electron chi connectivity index (χ3n) is 2.62. The molecule has 5 N–H and O–H groups in total. The van der Waals surface area contributed by atoms with E-state index in [1.54, 1.807) is 38.1 Å². The van der Waals surface area contributed by atoms with Crippen LogP contribution in [-0.2, 0) is 9.59 Å². The number of nitrogens with one attached hydrogen (secondary N) is 1. The van der Waals surface area contributed by atoms with Gasteiger partial charge in [-0.2, -0.15) is 0 Å². The van der Waals surface area contributed by atoms with Crippen LogP contribution in [0.15, 0.2) is 24.3 Å². The molecule has 0 aliphatic carbocycles. The maximum atomic E-state index is 11.9. The molecule has 0 fully saturated rings. The van der Waals surface area contributed by atoms with Gasteiger partial charge in [-0.05, 0) is 38.1 Å². The first-order chi connectivity index (χ1) is 8.85. The molecule has 0 aromatic heterocycles. The fraction of sp³-hybridized carbons (Fsp3) is 0.385. The zero-order valence-electron chi connectivity index (χ0n) is 11.5. The molecule has 20 heavy (non-hydrogen) atoms. The second-order valence-corrected chi connectivity index (χ2v) is 4.82. The van der Waals surface area contributed by atoms with Crippen molar-refractivity contribution in [3.8, 4) is 5.75 Å². The predicted molar refractivity (Wildman–Crippen MR) is 79.8 cm³/mol. The van der Waals surface area contributed by atoms with Gasteiger partial charge in [0.15, 0.2) is 6.61 Å². The second kappa shape index (κ2) is 7.72. The fourth-order valence-corrected chi connectivity index (χ4v) is 1.18. The van der Waals surface area contributed by atoms with E-state index in [1.165, 1.54) is 0 Å². The fourth-order valence-electron chi connectivity index (χ4n) is 1.18. The summed E-state index contributed by atoms with van der Waals surface area (Å²) < 4.78 is 5.11. The maximum absolute atomic E-state index is 11.9. The van der Waals surface area contributed by atoms with E-state index in [0.29, 0.717) is 11.4 Å². The first-order valence-electron chi connectivity index (χ1n) is 5.88. The minimum atomic E-state index is -0.624. The van der Waals surface area contributed by atoms with Gasteiger partial charge in [-0.15, -0.1) is 12.4 Å². The summed E-state index contributed by atoms with van der Waals surface area (Å²) in [6.07, 6.45) is 0. The molecule has 0 aliphatic rings. The normalized spacial score (nSPS) is 10.3. The molecule has 0 unspecified atom stereocenters. The Kier molecular flexibility index (Phi) is 7.02. The Hall–Kier alpha value is -1.79. The standard InChI is InChI=1S/C13H19N3O3.ClH/c1-13(2,8-14)12(18)16-9-3-5-10(6-4-9)19-7-11(15)17;/h3-6H,7-8,14H2,1-2H3,(H2,15,17)(H,16,18);1H. The molecule has 0 saturated heterocycles. The number of anilines is 1. The van der Waals surface area contributed by atoms with Gasteiger partial charge in [-0.1, -0.05) is 0 Å². The van der Waals surface area contributed by atoms with Crippen molar-refractivity contribution in [1.29, 1.82) is 0 Å². The number of hydrogen-bond acceptors (Lipinski definition) is 4. The number of rotatable bonds is 6. The van der Waals surface area contributed by atoms with Crippen LogP contribution in [0.2, 0.25) is 0 Å². The lowest BCUT2D eigenvalue weighted by Crippen LogP contribution is -2.37. The molecule has 0 saturated carbocycles. The molecule has 2 amide bonds. The number of ether oxygens (including phenoxy) is 1. The highest BCUT2D eigenvalue weighted by molar-refractivity contribution is 5.95. The monoisotopic (exact) mass is 301 g/mol.